The zero-order valence-electron chi connectivity index (χ0n) is 52.9. The fourth-order valence-corrected chi connectivity index (χ4v) is 9.26. The zero-order chi connectivity index (χ0) is 61.4. The zero-order valence-corrected chi connectivity index (χ0v) is 52.9. The number of benzene rings is 1. The fourth-order valence-electron chi connectivity index (χ4n) is 9.26. The first-order chi connectivity index (χ1) is 38.0. The number of hydrogen-bond donors (Lipinski definition) is 5. The lowest BCUT2D eigenvalue weighted by atomic mass is 9.84. The highest BCUT2D eigenvalue weighted by Crippen LogP contribution is 2.42. The minimum absolute atomic E-state index is 0.0488. The molecule has 2 aromatic heterocycles. The third kappa shape index (κ3) is 22.3. The van der Waals surface area contributed by atoms with Crippen molar-refractivity contribution in [2.24, 2.45) is 39.5 Å². The molecule has 1 aliphatic rings. The minimum atomic E-state index is -0.597. The Labute approximate surface area is 485 Å². The van der Waals surface area contributed by atoms with Crippen LogP contribution < -0.4 is 28.5 Å². The van der Waals surface area contributed by atoms with Gasteiger partial charge in [-0.15, -0.1) is 0 Å². The SMILES string of the molecule is C=CNCCCOC1(N(C)C(C(=C)N)C(C)C)CN(C(=O)C#CC(C)(C)N(C)C)C1.C=COCC(C)(C)Cc1c(-c2cccnc2C(C)OC)n(CC)c2ccc(/C(=C/C)N=C(C)CCCCCC(=C)C=C)cc12.CC.CN.NN. The Balaban J connectivity index is 0.00000151. The Kier molecular flexibility index (Phi) is 35.2. The molecule has 4 rings (SSSR count). The van der Waals surface area contributed by atoms with E-state index >= 15 is 0 Å². The number of carbonyl (C=O) groups is 1. The summed E-state index contributed by atoms with van der Waals surface area (Å²) in [6, 6.07) is 10.9. The van der Waals surface area contributed by atoms with E-state index in [1.807, 2.05) is 72.1 Å². The number of amides is 1. The van der Waals surface area contributed by atoms with E-state index < -0.39 is 5.72 Å². The standard InChI is InChI=1S/C39H53N3O2.C23H41N5O2.C2H6.CH5N.H4N2/c1-11-28(5)19-16-15-17-20-29(6)41-35(12-2)31-22-23-36-33(25-31)34(26-39(8,9)27-44-14-4)38(42(36)13-3)32-21-18-24-40-37(32)30(7)43-10;1-10-25-14-11-15-30-23(27(9)21(18(2)3)19(4)24)16-28(17-23)20(29)12-13-22(5,6)26(7)8;3*1-2/h11-12,14,18,21-25,30H,1,4-5,13,15-17,19-20,26-27H2,2-3,6-10H3;10,18,21,25H,1,4,11,14-17,24H2,2-3,5-9H3;1-2H3;2H2,1H3;1-2H2/b35-12-,41-29?;;;;. The number of rotatable bonds is 29. The first kappa shape index (κ1) is 74.2. The molecule has 2 atom stereocenters. The molecule has 1 aliphatic heterocycles. The number of unbranched alkanes of at least 4 members (excludes halogenated alkanes) is 2. The number of ether oxygens (including phenoxy) is 3. The number of carbonyl (C=O) groups excluding carboxylic acids is 1. The van der Waals surface area contributed by atoms with Crippen LogP contribution in [0.25, 0.3) is 27.9 Å². The van der Waals surface area contributed by atoms with Crippen molar-refractivity contribution in [3.05, 3.63) is 122 Å². The molecule has 0 aliphatic carbocycles. The maximum Gasteiger partial charge on any atom is 0.298 e. The van der Waals surface area contributed by atoms with E-state index in [9.17, 15) is 4.79 Å². The largest absolute Gasteiger partial charge is 0.501 e. The molecule has 1 aromatic carbocycles. The molecule has 448 valence electrons. The number of allylic oxidation sites excluding steroid dienone is 3. The van der Waals surface area contributed by atoms with Gasteiger partial charge in [0.1, 0.15) is 0 Å². The Morgan fingerprint density at radius 1 is 1.00 bits per heavy atom. The molecule has 0 bridgehead atoms. The van der Waals surface area contributed by atoms with Crippen molar-refractivity contribution in [2.75, 3.05) is 68.1 Å². The third-order valence-electron chi connectivity index (χ3n) is 14.1. The number of fused-ring (bicyclic) bond motifs is 1. The van der Waals surface area contributed by atoms with Crippen molar-refractivity contribution >= 4 is 28.2 Å². The van der Waals surface area contributed by atoms with Crippen molar-refractivity contribution in [1.82, 2.24) is 29.6 Å². The number of hydrogen-bond acceptors (Lipinski definition) is 13. The van der Waals surface area contributed by atoms with Gasteiger partial charge in [0.15, 0.2) is 5.72 Å². The van der Waals surface area contributed by atoms with Gasteiger partial charge in [-0.3, -0.25) is 36.3 Å². The van der Waals surface area contributed by atoms with Crippen LogP contribution in [0.3, 0.4) is 0 Å². The molecule has 0 saturated carbocycles. The van der Waals surface area contributed by atoms with Crippen LogP contribution in [0.1, 0.15) is 145 Å². The van der Waals surface area contributed by atoms with Gasteiger partial charge in [0.05, 0.1) is 67.3 Å². The normalized spacial score (nSPS) is 13.8. The van der Waals surface area contributed by atoms with Gasteiger partial charge in [-0.25, -0.2) is 0 Å². The summed E-state index contributed by atoms with van der Waals surface area (Å²) in [4.78, 5) is 28.4. The molecule has 3 heterocycles. The summed E-state index contributed by atoms with van der Waals surface area (Å²) in [5.41, 5.74) is 20.2. The summed E-state index contributed by atoms with van der Waals surface area (Å²) in [6.45, 7) is 48.1. The van der Waals surface area contributed by atoms with E-state index in [2.05, 4.69) is 163 Å². The molecule has 1 fully saturated rings. The van der Waals surface area contributed by atoms with Gasteiger partial charge in [0.2, 0.25) is 0 Å². The Morgan fingerprint density at radius 3 is 2.17 bits per heavy atom. The van der Waals surface area contributed by atoms with Gasteiger partial charge in [-0.2, -0.15) is 0 Å². The van der Waals surface area contributed by atoms with Crippen molar-refractivity contribution in [3.63, 3.8) is 0 Å². The fraction of sp³-hybridized carbons (Fsp3) is 0.554. The molecule has 1 amide bonds. The molecule has 9 N–H and O–H groups in total. The Bertz CT molecular complexity index is 2500. The molecule has 15 heteroatoms. The van der Waals surface area contributed by atoms with Crippen LogP contribution in [0, 0.1) is 23.2 Å². The van der Waals surface area contributed by atoms with Crippen molar-refractivity contribution in [2.45, 2.75) is 158 Å². The highest BCUT2D eigenvalue weighted by Gasteiger charge is 2.51. The highest BCUT2D eigenvalue weighted by molar-refractivity contribution is 5.96. The Hall–Kier alpha value is -5.83. The summed E-state index contributed by atoms with van der Waals surface area (Å²) >= 11 is 0. The highest BCUT2D eigenvalue weighted by atomic mass is 16.5. The number of likely N-dealkylation sites (N-methyl/N-ethyl adjacent to an activating group) is 1. The van der Waals surface area contributed by atoms with E-state index in [4.69, 9.17) is 29.9 Å². The smallest absolute Gasteiger partial charge is 0.298 e. The molecule has 1 saturated heterocycles. The average Bonchev–Trinajstić information content (AvgIpc) is 3.81. The summed E-state index contributed by atoms with van der Waals surface area (Å²) in [5.74, 6) is 14.0. The number of nitrogens with zero attached hydrogens (tertiary/aromatic N) is 6. The summed E-state index contributed by atoms with van der Waals surface area (Å²) in [5, 5.41) is 4.31. The molecular formula is C65H109N11O4. The van der Waals surface area contributed by atoms with E-state index in [-0.39, 0.29) is 34.9 Å². The lowest BCUT2D eigenvalue weighted by Gasteiger charge is -2.56. The first-order valence-corrected chi connectivity index (χ1v) is 28.4. The number of likely N-dealkylation sites (tertiary alicyclic amines) is 1. The maximum atomic E-state index is 12.7. The van der Waals surface area contributed by atoms with Crippen LogP contribution in [0.15, 0.2) is 110 Å². The monoisotopic (exact) mass is 1110 g/mol. The van der Waals surface area contributed by atoms with Crippen LogP contribution in [0.5, 0.6) is 0 Å². The van der Waals surface area contributed by atoms with Gasteiger partial charge in [0, 0.05) is 65.2 Å². The number of hydrazine groups is 1. The van der Waals surface area contributed by atoms with Gasteiger partial charge in [-0.05, 0) is 156 Å². The predicted molar refractivity (Wildman–Crippen MR) is 342 cm³/mol. The van der Waals surface area contributed by atoms with Crippen molar-refractivity contribution in [1.29, 1.82) is 0 Å². The molecule has 80 heavy (non-hydrogen) atoms. The number of aryl methyl sites for hydroxylation is 1. The molecule has 0 radical (unpaired) electrons. The molecule has 0 spiro atoms. The van der Waals surface area contributed by atoms with Gasteiger partial charge in [-0.1, -0.05) is 111 Å². The second-order valence-corrected chi connectivity index (χ2v) is 21.4. The first-order valence-electron chi connectivity index (χ1n) is 28.4. The van der Waals surface area contributed by atoms with Gasteiger partial charge >= 0.3 is 0 Å². The minimum Gasteiger partial charge on any atom is -0.501 e. The summed E-state index contributed by atoms with van der Waals surface area (Å²) in [7, 11) is 9.13. The average molecular weight is 1110 g/mol. The molecular weight excluding hydrogens is 999 g/mol. The molecule has 2 unspecified atom stereocenters. The summed E-state index contributed by atoms with van der Waals surface area (Å²) in [6.07, 6.45) is 16.0. The van der Waals surface area contributed by atoms with E-state index in [0.717, 1.165) is 91.8 Å². The Morgan fingerprint density at radius 2 is 1.64 bits per heavy atom. The van der Waals surface area contributed by atoms with Crippen LogP contribution in [0.2, 0.25) is 0 Å². The number of methoxy groups -OCH3 is 1. The number of nitrogens with one attached hydrogen (secondary N) is 1. The van der Waals surface area contributed by atoms with Crippen LogP contribution in [-0.4, -0.2) is 121 Å². The van der Waals surface area contributed by atoms with Crippen LogP contribution >= 0.6 is 0 Å². The number of aromatic nitrogens is 2. The van der Waals surface area contributed by atoms with E-state index in [1.54, 1.807) is 18.2 Å². The third-order valence-corrected chi connectivity index (χ3v) is 14.1. The predicted octanol–water partition coefficient (Wildman–Crippen LogP) is 11.5. The number of pyridine rings is 1. The van der Waals surface area contributed by atoms with E-state index in [0.29, 0.717) is 32.0 Å². The second-order valence-electron chi connectivity index (χ2n) is 21.4. The topological polar surface area (TPSA) is 201 Å². The van der Waals surface area contributed by atoms with Crippen LogP contribution in [-0.2, 0) is 32.0 Å². The van der Waals surface area contributed by atoms with Gasteiger partial charge < -0.3 is 40.5 Å². The molecule has 15 nitrogen and oxygen atoms in total. The quantitative estimate of drug-likeness (QED) is 0.00645. The number of aliphatic imine (C=N–C) groups is 1. The molecule has 3 aromatic rings. The second kappa shape index (κ2) is 38.0. The maximum absolute atomic E-state index is 12.7. The lowest BCUT2D eigenvalue weighted by Crippen LogP contribution is -2.74. The van der Waals surface area contributed by atoms with Gasteiger partial charge in [0.25, 0.3) is 5.91 Å². The van der Waals surface area contributed by atoms with E-state index in [1.165, 1.54) is 35.5 Å². The van der Waals surface area contributed by atoms with Crippen LogP contribution in [0.4, 0.5) is 0 Å². The lowest BCUT2D eigenvalue weighted by molar-refractivity contribution is -0.232. The number of nitrogens with two attached hydrogens (primary N) is 4. The van der Waals surface area contributed by atoms with Crippen molar-refractivity contribution in [3.8, 4) is 23.1 Å². The summed E-state index contributed by atoms with van der Waals surface area (Å²) < 4.78 is 20.2. The van der Waals surface area contributed by atoms with Crippen molar-refractivity contribution < 1.29 is 19.0 Å².